The molecule has 166 valence electrons. The molecule has 0 atom stereocenters. The SMILES string of the molecule is CC(C)C(=O)NCc1ccc(Cl)c(-c2nc(-c3ncc(OCC4CC4)cn3)cc(=O)[nH]2)c1. The minimum atomic E-state index is -0.350. The van der Waals surface area contributed by atoms with Gasteiger partial charge in [0.1, 0.15) is 11.5 Å². The van der Waals surface area contributed by atoms with Crippen molar-refractivity contribution in [2.75, 3.05) is 6.61 Å². The molecule has 0 bridgehead atoms. The molecule has 4 rings (SSSR count). The van der Waals surface area contributed by atoms with E-state index in [-0.39, 0.29) is 17.4 Å². The van der Waals surface area contributed by atoms with E-state index in [0.717, 1.165) is 5.56 Å². The Labute approximate surface area is 190 Å². The lowest BCUT2D eigenvalue weighted by atomic mass is 10.1. The second-order valence-electron chi connectivity index (χ2n) is 8.16. The Hall–Kier alpha value is -3.26. The highest BCUT2D eigenvalue weighted by atomic mass is 35.5. The van der Waals surface area contributed by atoms with Crippen LogP contribution in [0.2, 0.25) is 5.02 Å². The van der Waals surface area contributed by atoms with E-state index in [1.54, 1.807) is 24.5 Å². The van der Waals surface area contributed by atoms with Crippen molar-refractivity contribution < 1.29 is 9.53 Å². The molecule has 1 aliphatic carbocycles. The molecule has 1 aliphatic rings. The van der Waals surface area contributed by atoms with Gasteiger partial charge in [-0.2, -0.15) is 0 Å². The van der Waals surface area contributed by atoms with Crippen LogP contribution in [0.1, 0.15) is 32.3 Å². The molecule has 3 aromatic rings. The molecule has 8 nitrogen and oxygen atoms in total. The average Bonchev–Trinajstić information content (AvgIpc) is 3.61. The summed E-state index contributed by atoms with van der Waals surface area (Å²) >= 11 is 6.38. The molecule has 2 N–H and O–H groups in total. The van der Waals surface area contributed by atoms with Crippen molar-refractivity contribution in [3.05, 3.63) is 57.6 Å². The Morgan fingerprint density at radius 3 is 2.69 bits per heavy atom. The number of hydrogen-bond acceptors (Lipinski definition) is 6. The van der Waals surface area contributed by atoms with Crippen LogP contribution in [0.5, 0.6) is 5.75 Å². The maximum atomic E-state index is 12.3. The van der Waals surface area contributed by atoms with Crippen molar-refractivity contribution in [2.45, 2.75) is 33.2 Å². The van der Waals surface area contributed by atoms with Gasteiger partial charge < -0.3 is 15.0 Å². The third kappa shape index (κ3) is 5.50. The summed E-state index contributed by atoms with van der Waals surface area (Å²) in [5.41, 5.74) is 1.36. The predicted molar refractivity (Wildman–Crippen MR) is 121 cm³/mol. The van der Waals surface area contributed by atoms with Crippen molar-refractivity contribution in [2.24, 2.45) is 11.8 Å². The highest BCUT2D eigenvalue weighted by Crippen LogP contribution is 2.30. The third-order valence-electron chi connectivity index (χ3n) is 5.06. The van der Waals surface area contributed by atoms with Crippen molar-refractivity contribution in [3.63, 3.8) is 0 Å². The fourth-order valence-corrected chi connectivity index (χ4v) is 3.19. The second-order valence-corrected chi connectivity index (χ2v) is 8.57. The van der Waals surface area contributed by atoms with Crippen LogP contribution in [0.3, 0.4) is 0 Å². The number of aromatic nitrogens is 4. The number of rotatable bonds is 8. The first-order valence-corrected chi connectivity index (χ1v) is 10.9. The summed E-state index contributed by atoms with van der Waals surface area (Å²) in [6.07, 6.45) is 5.56. The molecule has 0 radical (unpaired) electrons. The van der Waals surface area contributed by atoms with Crippen LogP contribution < -0.4 is 15.6 Å². The number of amides is 1. The highest BCUT2D eigenvalue weighted by molar-refractivity contribution is 6.33. The standard InChI is InChI=1S/C23H24ClN5O3/c1-13(2)23(31)27-9-15-5-6-18(24)17(7-15)21-28-19(8-20(30)29-21)22-25-10-16(11-26-22)32-12-14-3-4-14/h5-8,10-11,13-14H,3-4,9,12H2,1-2H3,(H,27,31)(H,28,29,30). The second kappa shape index (κ2) is 9.48. The molecule has 1 saturated carbocycles. The van der Waals surface area contributed by atoms with Crippen molar-refractivity contribution in [1.29, 1.82) is 0 Å². The number of benzene rings is 1. The van der Waals surface area contributed by atoms with Gasteiger partial charge in [-0.1, -0.05) is 31.5 Å². The van der Waals surface area contributed by atoms with Gasteiger partial charge in [-0.3, -0.25) is 9.59 Å². The van der Waals surface area contributed by atoms with E-state index in [1.165, 1.54) is 18.9 Å². The van der Waals surface area contributed by atoms with Gasteiger partial charge in [0.15, 0.2) is 11.6 Å². The van der Waals surface area contributed by atoms with Gasteiger partial charge in [-0.15, -0.1) is 0 Å². The minimum Gasteiger partial charge on any atom is -0.490 e. The zero-order valence-corrected chi connectivity index (χ0v) is 18.6. The largest absolute Gasteiger partial charge is 0.490 e. The number of nitrogens with zero attached hydrogens (tertiary/aromatic N) is 3. The van der Waals surface area contributed by atoms with Crippen molar-refractivity contribution >= 4 is 17.5 Å². The highest BCUT2D eigenvalue weighted by Gasteiger charge is 2.22. The summed E-state index contributed by atoms with van der Waals surface area (Å²) in [6, 6.07) is 6.66. The quantitative estimate of drug-likeness (QED) is 0.539. The molecule has 2 aromatic heterocycles. The van der Waals surface area contributed by atoms with E-state index in [0.29, 0.717) is 52.7 Å². The summed E-state index contributed by atoms with van der Waals surface area (Å²) in [6.45, 7) is 4.67. The number of carbonyl (C=O) groups is 1. The Bertz CT molecular complexity index is 1170. The monoisotopic (exact) mass is 453 g/mol. The summed E-state index contributed by atoms with van der Waals surface area (Å²) in [4.78, 5) is 40.0. The lowest BCUT2D eigenvalue weighted by Crippen LogP contribution is -2.27. The third-order valence-corrected chi connectivity index (χ3v) is 5.39. The average molecular weight is 454 g/mol. The van der Waals surface area contributed by atoms with Gasteiger partial charge in [0.25, 0.3) is 5.56 Å². The summed E-state index contributed by atoms with van der Waals surface area (Å²) in [5, 5.41) is 3.29. The minimum absolute atomic E-state index is 0.0447. The van der Waals surface area contributed by atoms with Gasteiger partial charge in [0, 0.05) is 24.1 Å². The number of halogens is 1. The molecular formula is C23H24ClN5O3. The van der Waals surface area contributed by atoms with Crippen LogP contribution in [-0.4, -0.2) is 32.4 Å². The van der Waals surface area contributed by atoms with Crippen LogP contribution >= 0.6 is 11.6 Å². The molecule has 9 heteroatoms. The van der Waals surface area contributed by atoms with Gasteiger partial charge in [0.05, 0.1) is 24.0 Å². The molecule has 0 saturated heterocycles. The van der Waals surface area contributed by atoms with Crippen LogP contribution in [0.15, 0.2) is 41.5 Å². The number of nitrogens with one attached hydrogen (secondary N) is 2. The first kappa shape index (κ1) is 22.0. The number of aromatic amines is 1. The van der Waals surface area contributed by atoms with E-state index < -0.39 is 0 Å². The topological polar surface area (TPSA) is 110 Å². The number of carbonyl (C=O) groups excluding carboxylic acids is 1. The van der Waals surface area contributed by atoms with Gasteiger partial charge >= 0.3 is 0 Å². The van der Waals surface area contributed by atoms with Crippen molar-refractivity contribution in [1.82, 2.24) is 25.3 Å². The molecule has 0 spiro atoms. The van der Waals surface area contributed by atoms with Crippen LogP contribution in [-0.2, 0) is 11.3 Å². The fourth-order valence-electron chi connectivity index (χ4n) is 2.98. The number of H-pyrrole nitrogens is 1. The van der Waals surface area contributed by atoms with Gasteiger partial charge in [-0.05, 0) is 36.5 Å². The Morgan fingerprint density at radius 2 is 2.00 bits per heavy atom. The zero-order valence-electron chi connectivity index (χ0n) is 17.9. The molecule has 1 amide bonds. The molecule has 32 heavy (non-hydrogen) atoms. The van der Waals surface area contributed by atoms with Crippen LogP contribution in [0.25, 0.3) is 22.9 Å². The number of hydrogen-bond donors (Lipinski definition) is 2. The summed E-state index contributed by atoms with van der Waals surface area (Å²) in [7, 11) is 0. The van der Waals surface area contributed by atoms with E-state index in [9.17, 15) is 9.59 Å². The van der Waals surface area contributed by atoms with Crippen LogP contribution in [0, 0.1) is 11.8 Å². The Morgan fingerprint density at radius 1 is 1.25 bits per heavy atom. The van der Waals surface area contributed by atoms with Crippen LogP contribution in [0.4, 0.5) is 0 Å². The number of ether oxygens (including phenoxy) is 1. The lowest BCUT2D eigenvalue weighted by Gasteiger charge is -2.11. The normalized spacial score (nSPS) is 13.2. The van der Waals surface area contributed by atoms with Gasteiger partial charge in [-0.25, -0.2) is 15.0 Å². The molecule has 2 heterocycles. The molecule has 1 fully saturated rings. The molecule has 0 unspecified atom stereocenters. The lowest BCUT2D eigenvalue weighted by molar-refractivity contribution is -0.124. The fraction of sp³-hybridized carbons (Fsp3) is 0.348. The van der Waals surface area contributed by atoms with Gasteiger partial charge in [0.2, 0.25) is 5.91 Å². The maximum Gasteiger partial charge on any atom is 0.251 e. The smallest absolute Gasteiger partial charge is 0.251 e. The summed E-state index contributed by atoms with van der Waals surface area (Å²) < 4.78 is 5.66. The molecule has 1 aromatic carbocycles. The Balaban J connectivity index is 1.57. The molecule has 0 aliphatic heterocycles. The van der Waals surface area contributed by atoms with Crippen molar-refractivity contribution in [3.8, 4) is 28.7 Å². The predicted octanol–water partition coefficient (Wildman–Crippen LogP) is 3.61. The van der Waals surface area contributed by atoms with E-state index in [4.69, 9.17) is 16.3 Å². The zero-order chi connectivity index (χ0) is 22.7. The van der Waals surface area contributed by atoms with E-state index in [1.807, 2.05) is 19.9 Å². The first-order valence-electron chi connectivity index (χ1n) is 10.5. The first-order chi connectivity index (χ1) is 15.4. The Kier molecular flexibility index (Phi) is 6.50. The van der Waals surface area contributed by atoms with E-state index in [2.05, 4.69) is 25.3 Å². The van der Waals surface area contributed by atoms with E-state index >= 15 is 0 Å². The molecular weight excluding hydrogens is 430 g/mol. The maximum absolute atomic E-state index is 12.3. The summed E-state index contributed by atoms with van der Waals surface area (Å²) in [5.74, 6) is 1.68.